The molecular weight excluding hydrogens is 294 g/mol. The van der Waals surface area contributed by atoms with E-state index in [4.69, 9.17) is 0 Å². The number of thioether (sulfide) groups is 1. The highest BCUT2D eigenvalue weighted by Gasteiger charge is 2.16. The highest BCUT2D eigenvalue weighted by molar-refractivity contribution is 7.99. The van der Waals surface area contributed by atoms with Crippen LogP contribution in [0.3, 0.4) is 0 Å². The Labute approximate surface area is 136 Å². The summed E-state index contributed by atoms with van der Waals surface area (Å²) in [5, 5.41) is 6.69. The van der Waals surface area contributed by atoms with Crippen LogP contribution in [0.4, 0.5) is 0 Å². The van der Waals surface area contributed by atoms with Crippen molar-refractivity contribution < 1.29 is 0 Å². The summed E-state index contributed by atoms with van der Waals surface area (Å²) >= 11 is 1.84. The van der Waals surface area contributed by atoms with Crippen LogP contribution >= 0.6 is 11.8 Å². The molecule has 1 heterocycles. The van der Waals surface area contributed by atoms with Gasteiger partial charge in [0.1, 0.15) is 5.82 Å². The summed E-state index contributed by atoms with van der Waals surface area (Å²) in [7, 11) is 1.79. The van der Waals surface area contributed by atoms with E-state index in [2.05, 4.69) is 45.7 Å². The molecule has 0 unspecified atom stereocenters. The Hall–Kier alpha value is -1.69. The van der Waals surface area contributed by atoms with Gasteiger partial charge >= 0.3 is 0 Å². The maximum Gasteiger partial charge on any atom is 0.191 e. The van der Waals surface area contributed by atoms with Gasteiger partial charge in [0.15, 0.2) is 5.96 Å². The smallest absolute Gasteiger partial charge is 0.191 e. The molecule has 0 saturated heterocycles. The van der Waals surface area contributed by atoms with Crippen molar-refractivity contribution in [1.82, 2.24) is 20.6 Å². The number of nitrogens with zero attached hydrogens (tertiary/aromatic N) is 2. The molecule has 0 saturated carbocycles. The molecule has 0 aliphatic carbocycles. The number of H-pyrrole nitrogens is 1. The summed E-state index contributed by atoms with van der Waals surface area (Å²) in [6.45, 7) is 6.09. The summed E-state index contributed by atoms with van der Waals surface area (Å²) in [5.74, 6) is 1.83. The van der Waals surface area contributed by atoms with E-state index < -0.39 is 0 Å². The predicted octanol–water partition coefficient (Wildman–Crippen LogP) is 2.41. The fourth-order valence-electron chi connectivity index (χ4n) is 2.01. The number of imidazole rings is 1. The lowest BCUT2D eigenvalue weighted by Crippen LogP contribution is -2.43. The van der Waals surface area contributed by atoms with Gasteiger partial charge in [-0.05, 0) is 32.2 Å². The fourth-order valence-corrected chi connectivity index (χ4v) is 2.23. The SMILES string of the molecule is CN=C(NCCc1nc2ccccc2[nH]1)NCC(C)(C)SC. The molecule has 0 atom stereocenters. The van der Waals surface area contributed by atoms with Crippen molar-refractivity contribution >= 4 is 28.8 Å². The molecule has 22 heavy (non-hydrogen) atoms. The van der Waals surface area contributed by atoms with Gasteiger partial charge in [-0.3, -0.25) is 4.99 Å². The van der Waals surface area contributed by atoms with Crippen LogP contribution in [0.5, 0.6) is 0 Å². The van der Waals surface area contributed by atoms with Crippen LogP contribution in [-0.4, -0.2) is 47.1 Å². The van der Waals surface area contributed by atoms with Crippen molar-refractivity contribution in [2.75, 3.05) is 26.4 Å². The third-order valence-corrected chi connectivity index (χ3v) is 4.80. The first-order chi connectivity index (χ1) is 10.5. The summed E-state index contributed by atoms with van der Waals surface area (Å²) in [6.07, 6.45) is 2.96. The minimum Gasteiger partial charge on any atom is -0.356 e. The summed E-state index contributed by atoms with van der Waals surface area (Å²) < 4.78 is 0.191. The molecule has 0 aliphatic rings. The zero-order valence-corrected chi connectivity index (χ0v) is 14.5. The number of para-hydroxylation sites is 2. The van der Waals surface area contributed by atoms with Gasteiger partial charge in [-0.2, -0.15) is 11.8 Å². The van der Waals surface area contributed by atoms with Gasteiger partial charge in [0.2, 0.25) is 0 Å². The molecule has 0 spiro atoms. The first kappa shape index (κ1) is 16.7. The van der Waals surface area contributed by atoms with Crippen LogP contribution in [0.15, 0.2) is 29.3 Å². The number of aliphatic imine (C=N–C) groups is 1. The largest absolute Gasteiger partial charge is 0.356 e. The zero-order valence-electron chi connectivity index (χ0n) is 13.7. The number of fused-ring (bicyclic) bond motifs is 1. The quantitative estimate of drug-likeness (QED) is 0.565. The van der Waals surface area contributed by atoms with E-state index in [9.17, 15) is 0 Å². The second kappa shape index (κ2) is 7.54. The lowest BCUT2D eigenvalue weighted by molar-refractivity contribution is 0.663. The highest BCUT2D eigenvalue weighted by atomic mass is 32.2. The lowest BCUT2D eigenvalue weighted by atomic mass is 10.2. The van der Waals surface area contributed by atoms with Crippen LogP contribution < -0.4 is 10.6 Å². The number of aromatic nitrogens is 2. The second-order valence-electron chi connectivity index (χ2n) is 5.77. The number of hydrogen-bond acceptors (Lipinski definition) is 3. The van der Waals surface area contributed by atoms with Crippen molar-refractivity contribution in [3.8, 4) is 0 Å². The number of guanidine groups is 1. The number of hydrogen-bond donors (Lipinski definition) is 3. The molecule has 2 rings (SSSR count). The number of rotatable bonds is 6. The van der Waals surface area contributed by atoms with E-state index in [0.717, 1.165) is 42.3 Å². The highest BCUT2D eigenvalue weighted by Crippen LogP contribution is 2.19. The van der Waals surface area contributed by atoms with Crippen molar-refractivity contribution in [2.45, 2.75) is 25.0 Å². The molecule has 0 aliphatic heterocycles. The van der Waals surface area contributed by atoms with Gasteiger partial charge in [0.05, 0.1) is 11.0 Å². The van der Waals surface area contributed by atoms with Gasteiger partial charge in [-0.15, -0.1) is 0 Å². The standard InChI is InChI=1S/C16H25N5S/c1-16(2,22-4)11-19-15(17-3)18-10-9-14-20-12-7-5-6-8-13(12)21-14/h5-8H,9-11H2,1-4H3,(H,20,21)(H2,17,18,19). The van der Waals surface area contributed by atoms with E-state index >= 15 is 0 Å². The Morgan fingerprint density at radius 1 is 1.32 bits per heavy atom. The summed E-state index contributed by atoms with van der Waals surface area (Å²) in [6, 6.07) is 8.09. The lowest BCUT2D eigenvalue weighted by Gasteiger charge is -2.23. The van der Waals surface area contributed by atoms with Crippen molar-refractivity contribution in [3.05, 3.63) is 30.1 Å². The maximum absolute atomic E-state index is 4.57. The minimum atomic E-state index is 0.191. The molecule has 120 valence electrons. The van der Waals surface area contributed by atoms with Crippen LogP contribution in [0.2, 0.25) is 0 Å². The minimum absolute atomic E-state index is 0.191. The van der Waals surface area contributed by atoms with E-state index in [0.29, 0.717) is 0 Å². The van der Waals surface area contributed by atoms with Gasteiger partial charge in [-0.25, -0.2) is 4.98 Å². The monoisotopic (exact) mass is 319 g/mol. The van der Waals surface area contributed by atoms with Crippen LogP contribution in [0.25, 0.3) is 11.0 Å². The normalized spacial score (nSPS) is 12.6. The van der Waals surface area contributed by atoms with E-state index in [1.165, 1.54) is 0 Å². The van der Waals surface area contributed by atoms with Crippen molar-refractivity contribution in [2.24, 2.45) is 4.99 Å². The number of nitrogens with one attached hydrogen (secondary N) is 3. The fraction of sp³-hybridized carbons (Fsp3) is 0.500. The molecule has 0 fully saturated rings. The van der Waals surface area contributed by atoms with Gasteiger partial charge < -0.3 is 15.6 Å². The van der Waals surface area contributed by atoms with Gasteiger partial charge in [0.25, 0.3) is 0 Å². The van der Waals surface area contributed by atoms with E-state index in [1.807, 2.05) is 36.0 Å². The summed E-state index contributed by atoms with van der Waals surface area (Å²) in [4.78, 5) is 12.2. The van der Waals surface area contributed by atoms with E-state index in [1.54, 1.807) is 7.05 Å². The Bertz CT molecular complexity index is 599. The molecule has 0 radical (unpaired) electrons. The Morgan fingerprint density at radius 3 is 2.77 bits per heavy atom. The van der Waals surface area contributed by atoms with Crippen LogP contribution in [0.1, 0.15) is 19.7 Å². The average molecular weight is 319 g/mol. The number of benzene rings is 1. The topological polar surface area (TPSA) is 65.1 Å². The average Bonchev–Trinajstić information content (AvgIpc) is 2.93. The predicted molar refractivity (Wildman–Crippen MR) is 96.8 cm³/mol. The third-order valence-electron chi connectivity index (χ3n) is 3.55. The Kier molecular flexibility index (Phi) is 5.71. The van der Waals surface area contributed by atoms with Crippen molar-refractivity contribution in [3.63, 3.8) is 0 Å². The first-order valence-corrected chi connectivity index (χ1v) is 8.70. The Morgan fingerprint density at radius 2 is 2.09 bits per heavy atom. The van der Waals surface area contributed by atoms with E-state index in [-0.39, 0.29) is 4.75 Å². The molecule has 1 aromatic carbocycles. The van der Waals surface area contributed by atoms with Gasteiger partial charge in [-0.1, -0.05) is 12.1 Å². The maximum atomic E-state index is 4.57. The Balaban J connectivity index is 1.81. The van der Waals surface area contributed by atoms with Crippen LogP contribution in [0, 0.1) is 0 Å². The molecule has 3 N–H and O–H groups in total. The molecule has 0 amide bonds. The molecule has 0 bridgehead atoms. The molecule has 6 heteroatoms. The second-order valence-corrected chi connectivity index (χ2v) is 7.28. The third kappa shape index (κ3) is 4.66. The van der Waals surface area contributed by atoms with Gasteiger partial charge in [0, 0.05) is 31.3 Å². The molecule has 1 aromatic heterocycles. The first-order valence-electron chi connectivity index (χ1n) is 7.47. The summed E-state index contributed by atoms with van der Waals surface area (Å²) in [5.41, 5.74) is 2.10. The van der Waals surface area contributed by atoms with Crippen LogP contribution in [-0.2, 0) is 6.42 Å². The molecular formula is C16H25N5S. The molecule has 2 aromatic rings. The van der Waals surface area contributed by atoms with Crippen molar-refractivity contribution in [1.29, 1.82) is 0 Å². The molecule has 5 nitrogen and oxygen atoms in total. The number of aromatic amines is 1. The zero-order chi connectivity index (χ0) is 16.0.